The highest BCUT2D eigenvalue weighted by Gasteiger charge is 2.13. The zero-order valence-electron chi connectivity index (χ0n) is 11.1. The third kappa shape index (κ3) is 4.83. The van der Waals surface area contributed by atoms with E-state index in [0.29, 0.717) is 24.7 Å². The van der Waals surface area contributed by atoms with Crippen molar-refractivity contribution in [2.45, 2.75) is 45.6 Å². The average molecular weight is 253 g/mol. The second kappa shape index (κ2) is 7.81. The number of aromatic nitrogens is 3. The summed E-state index contributed by atoms with van der Waals surface area (Å²) in [7, 11) is 0. The number of H-pyrrole nitrogens is 1. The minimum atomic E-state index is -0.130. The van der Waals surface area contributed by atoms with Gasteiger partial charge in [-0.25, -0.2) is 4.98 Å². The van der Waals surface area contributed by atoms with Gasteiger partial charge in [0.2, 0.25) is 5.91 Å². The summed E-state index contributed by atoms with van der Waals surface area (Å²) < 4.78 is 0. The van der Waals surface area contributed by atoms with Gasteiger partial charge in [0.1, 0.15) is 12.2 Å². The van der Waals surface area contributed by atoms with Gasteiger partial charge in [-0.15, -0.1) is 0 Å². The van der Waals surface area contributed by atoms with Crippen LogP contribution in [0.1, 0.15) is 51.4 Å². The monoisotopic (exact) mass is 253 g/mol. The molecule has 0 aromatic carbocycles. The van der Waals surface area contributed by atoms with E-state index in [1.54, 1.807) is 0 Å². The van der Waals surface area contributed by atoms with Crippen molar-refractivity contribution in [2.75, 3.05) is 6.54 Å². The molecule has 0 aliphatic heterocycles. The Morgan fingerprint density at radius 2 is 2.33 bits per heavy atom. The number of carbonyl (C=O) groups excluding carboxylic acids is 1. The molecule has 0 fully saturated rings. The van der Waals surface area contributed by atoms with Crippen molar-refractivity contribution in [1.82, 2.24) is 20.5 Å². The van der Waals surface area contributed by atoms with Crippen LogP contribution in [0.2, 0.25) is 0 Å². The van der Waals surface area contributed by atoms with E-state index in [4.69, 9.17) is 5.73 Å². The third-order valence-electron chi connectivity index (χ3n) is 3.15. The maximum Gasteiger partial charge on any atom is 0.220 e. The highest BCUT2D eigenvalue weighted by Crippen LogP contribution is 2.15. The maximum absolute atomic E-state index is 11.8. The Bertz CT molecular complexity index is 338. The van der Waals surface area contributed by atoms with Gasteiger partial charge in [-0.1, -0.05) is 13.3 Å². The molecule has 1 rings (SSSR count). The first-order valence-electron chi connectivity index (χ1n) is 6.52. The Labute approximate surface area is 108 Å². The molecule has 0 aliphatic carbocycles. The molecule has 2 unspecified atom stereocenters. The first-order valence-corrected chi connectivity index (χ1v) is 6.52. The van der Waals surface area contributed by atoms with Crippen LogP contribution in [0.3, 0.4) is 0 Å². The van der Waals surface area contributed by atoms with E-state index in [1.165, 1.54) is 6.33 Å². The molecule has 1 amide bonds. The van der Waals surface area contributed by atoms with Crippen LogP contribution in [0.25, 0.3) is 0 Å². The zero-order chi connectivity index (χ0) is 13.4. The molecule has 1 heterocycles. The highest BCUT2D eigenvalue weighted by atomic mass is 16.1. The van der Waals surface area contributed by atoms with Gasteiger partial charge >= 0.3 is 0 Å². The van der Waals surface area contributed by atoms with E-state index in [-0.39, 0.29) is 11.9 Å². The number of amides is 1. The quantitative estimate of drug-likeness (QED) is 0.647. The molecule has 0 spiro atoms. The molecule has 0 radical (unpaired) electrons. The van der Waals surface area contributed by atoms with Crippen LogP contribution in [0.5, 0.6) is 0 Å². The number of rotatable bonds is 8. The van der Waals surface area contributed by atoms with Gasteiger partial charge in [0.05, 0.1) is 6.04 Å². The fraction of sp³-hybridized carbons (Fsp3) is 0.750. The Morgan fingerprint density at radius 3 is 2.89 bits per heavy atom. The van der Waals surface area contributed by atoms with Gasteiger partial charge in [0.15, 0.2) is 0 Å². The van der Waals surface area contributed by atoms with Crippen LogP contribution >= 0.6 is 0 Å². The molecule has 1 aromatic heterocycles. The van der Waals surface area contributed by atoms with Gasteiger partial charge in [-0.2, -0.15) is 5.10 Å². The number of nitrogens with two attached hydrogens (primary N) is 1. The number of hydrogen-bond donors (Lipinski definition) is 3. The summed E-state index contributed by atoms with van der Waals surface area (Å²) in [6.07, 6.45) is 4.93. The van der Waals surface area contributed by atoms with Crippen LogP contribution in [-0.2, 0) is 4.79 Å². The van der Waals surface area contributed by atoms with E-state index in [1.807, 2.05) is 6.92 Å². The molecule has 2 atom stereocenters. The normalized spacial score (nSPS) is 14.2. The Balaban J connectivity index is 2.29. The summed E-state index contributed by atoms with van der Waals surface area (Å²) in [4.78, 5) is 15.8. The van der Waals surface area contributed by atoms with E-state index in [0.717, 1.165) is 19.3 Å². The SMILES string of the molecule is CCC(CCN)CCC(=O)NC(C)c1ncn[nH]1. The standard InChI is InChI=1S/C12H23N5O/c1-3-10(6-7-13)4-5-11(18)16-9(2)12-14-8-15-17-12/h8-10H,3-7,13H2,1-2H3,(H,16,18)(H,14,15,17). The molecule has 18 heavy (non-hydrogen) atoms. The molecule has 0 bridgehead atoms. The number of hydrogen-bond acceptors (Lipinski definition) is 4. The predicted octanol–water partition coefficient (Wildman–Crippen LogP) is 1.14. The smallest absolute Gasteiger partial charge is 0.220 e. The average Bonchev–Trinajstić information content (AvgIpc) is 2.88. The van der Waals surface area contributed by atoms with Crippen molar-refractivity contribution >= 4 is 5.91 Å². The van der Waals surface area contributed by atoms with Crippen molar-refractivity contribution in [3.63, 3.8) is 0 Å². The van der Waals surface area contributed by atoms with Gasteiger partial charge in [0.25, 0.3) is 0 Å². The Morgan fingerprint density at radius 1 is 1.56 bits per heavy atom. The van der Waals surface area contributed by atoms with Gasteiger partial charge in [0, 0.05) is 6.42 Å². The van der Waals surface area contributed by atoms with E-state index < -0.39 is 0 Å². The van der Waals surface area contributed by atoms with Crippen LogP contribution in [0.4, 0.5) is 0 Å². The molecule has 0 aliphatic rings. The molecular weight excluding hydrogens is 230 g/mol. The lowest BCUT2D eigenvalue weighted by molar-refractivity contribution is -0.122. The largest absolute Gasteiger partial charge is 0.346 e. The number of aromatic amines is 1. The molecule has 102 valence electrons. The Hall–Kier alpha value is -1.43. The molecule has 6 heteroatoms. The summed E-state index contributed by atoms with van der Waals surface area (Å²) >= 11 is 0. The topological polar surface area (TPSA) is 96.7 Å². The van der Waals surface area contributed by atoms with Gasteiger partial charge in [-0.05, 0) is 32.2 Å². The number of nitrogens with one attached hydrogen (secondary N) is 2. The summed E-state index contributed by atoms with van der Waals surface area (Å²) in [5.74, 6) is 1.27. The van der Waals surface area contributed by atoms with Crippen molar-refractivity contribution in [3.8, 4) is 0 Å². The second-order valence-corrected chi connectivity index (χ2v) is 4.55. The van der Waals surface area contributed by atoms with Crippen LogP contribution in [-0.4, -0.2) is 27.6 Å². The highest BCUT2D eigenvalue weighted by molar-refractivity contribution is 5.76. The maximum atomic E-state index is 11.8. The predicted molar refractivity (Wildman–Crippen MR) is 69.6 cm³/mol. The van der Waals surface area contributed by atoms with Crippen LogP contribution < -0.4 is 11.1 Å². The minimum absolute atomic E-state index is 0.0503. The lowest BCUT2D eigenvalue weighted by Crippen LogP contribution is -2.27. The van der Waals surface area contributed by atoms with Crippen molar-refractivity contribution < 1.29 is 4.79 Å². The minimum Gasteiger partial charge on any atom is -0.346 e. The van der Waals surface area contributed by atoms with Crippen molar-refractivity contribution in [2.24, 2.45) is 11.7 Å². The lowest BCUT2D eigenvalue weighted by Gasteiger charge is -2.15. The molecular formula is C12H23N5O. The molecule has 1 aromatic rings. The van der Waals surface area contributed by atoms with Gasteiger partial charge < -0.3 is 11.1 Å². The molecule has 6 nitrogen and oxygen atoms in total. The van der Waals surface area contributed by atoms with E-state index in [2.05, 4.69) is 27.4 Å². The van der Waals surface area contributed by atoms with Crippen LogP contribution in [0, 0.1) is 5.92 Å². The molecule has 0 saturated heterocycles. The zero-order valence-corrected chi connectivity index (χ0v) is 11.1. The molecule has 4 N–H and O–H groups in total. The summed E-state index contributed by atoms with van der Waals surface area (Å²) in [5, 5.41) is 9.41. The summed E-state index contributed by atoms with van der Waals surface area (Å²) in [6, 6.07) is -0.130. The van der Waals surface area contributed by atoms with E-state index >= 15 is 0 Å². The van der Waals surface area contributed by atoms with Crippen LogP contribution in [0.15, 0.2) is 6.33 Å². The first kappa shape index (κ1) is 14.6. The van der Waals surface area contributed by atoms with E-state index in [9.17, 15) is 4.79 Å². The number of nitrogens with zero attached hydrogens (tertiary/aromatic N) is 2. The fourth-order valence-electron chi connectivity index (χ4n) is 1.93. The number of carbonyl (C=O) groups is 1. The third-order valence-corrected chi connectivity index (χ3v) is 3.15. The first-order chi connectivity index (χ1) is 8.67. The molecule has 0 saturated carbocycles. The summed E-state index contributed by atoms with van der Waals surface area (Å²) in [6.45, 7) is 4.71. The van der Waals surface area contributed by atoms with Crippen molar-refractivity contribution in [3.05, 3.63) is 12.2 Å². The second-order valence-electron chi connectivity index (χ2n) is 4.55. The Kier molecular flexibility index (Phi) is 6.35. The summed E-state index contributed by atoms with van der Waals surface area (Å²) in [5.41, 5.74) is 5.54. The van der Waals surface area contributed by atoms with Crippen molar-refractivity contribution in [1.29, 1.82) is 0 Å². The fourth-order valence-corrected chi connectivity index (χ4v) is 1.93. The van der Waals surface area contributed by atoms with Gasteiger partial charge in [-0.3, -0.25) is 9.89 Å². The lowest BCUT2D eigenvalue weighted by atomic mass is 9.96.